The van der Waals surface area contributed by atoms with Gasteiger partial charge in [-0.1, -0.05) is 18.2 Å². The molecule has 0 aliphatic heterocycles. The number of nitrogens with zero attached hydrogens (tertiary/aromatic N) is 4. The third-order valence-electron chi connectivity index (χ3n) is 2.92. The highest BCUT2D eigenvalue weighted by Gasteiger charge is 2.12. The first-order valence-electron chi connectivity index (χ1n) is 6.27. The van der Waals surface area contributed by atoms with Crippen LogP contribution in [0.25, 0.3) is 0 Å². The van der Waals surface area contributed by atoms with Gasteiger partial charge in [-0.3, -0.25) is 0 Å². The van der Waals surface area contributed by atoms with E-state index in [0.29, 0.717) is 6.04 Å². The molecule has 1 aromatic carbocycles. The lowest BCUT2D eigenvalue weighted by Crippen LogP contribution is -2.30. The lowest BCUT2D eigenvalue weighted by atomic mass is 10.2. The Balaban J connectivity index is 1.91. The highest BCUT2D eigenvalue weighted by molar-refractivity contribution is 7.99. The predicted octanol–water partition coefficient (Wildman–Crippen LogP) is 1.44. The minimum absolute atomic E-state index is 0.341. The Morgan fingerprint density at radius 1 is 1.37 bits per heavy atom. The van der Waals surface area contributed by atoms with Gasteiger partial charge in [0.2, 0.25) is 0 Å². The van der Waals surface area contributed by atoms with E-state index < -0.39 is 0 Å². The van der Waals surface area contributed by atoms with Gasteiger partial charge in [-0.25, -0.2) is 0 Å². The van der Waals surface area contributed by atoms with Crippen LogP contribution in [0.1, 0.15) is 11.4 Å². The molecule has 0 spiro atoms. The molecule has 0 aliphatic carbocycles. The van der Waals surface area contributed by atoms with E-state index in [4.69, 9.17) is 0 Å². The van der Waals surface area contributed by atoms with Crippen molar-refractivity contribution in [2.24, 2.45) is 7.05 Å². The highest BCUT2D eigenvalue weighted by atomic mass is 32.2. The average molecular weight is 277 g/mol. The molecule has 102 valence electrons. The molecule has 2 rings (SSSR count). The van der Waals surface area contributed by atoms with E-state index in [1.807, 2.05) is 18.8 Å². The lowest BCUT2D eigenvalue weighted by Gasteiger charge is -2.14. The molecule has 1 aromatic heterocycles. The molecule has 0 saturated heterocycles. The standard InChI is InChI=1S/C13H19N5S/c1-10-6-4-5-7-12(10)19-9-11(14-2)8-13-15-17-18(3)16-13/h4-7,11,14H,8-9H2,1-3H3. The number of hydrogen-bond donors (Lipinski definition) is 1. The van der Waals surface area contributed by atoms with Crippen LogP contribution in [0.4, 0.5) is 0 Å². The van der Waals surface area contributed by atoms with Crippen molar-refractivity contribution in [3.8, 4) is 0 Å². The monoisotopic (exact) mass is 277 g/mol. The molecule has 2 aromatic rings. The summed E-state index contributed by atoms with van der Waals surface area (Å²) in [7, 11) is 3.76. The summed E-state index contributed by atoms with van der Waals surface area (Å²) in [5.74, 6) is 1.77. The number of nitrogens with one attached hydrogen (secondary N) is 1. The summed E-state index contributed by atoms with van der Waals surface area (Å²) in [6, 6.07) is 8.79. The third-order valence-corrected chi connectivity index (χ3v) is 4.26. The topological polar surface area (TPSA) is 55.6 Å². The van der Waals surface area contributed by atoms with Gasteiger partial charge in [-0.2, -0.15) is 4.80 Å². The van der Waals surface area contributed by atoms with Crippen molar-refractivity contribution in [1.82, 2.24) is 25.5 Å². The second-order valence-corrected chi connectivity index (χ2v) is 5.52. The Morgan fingerprint density at radius 2 is 2.16 bits per heavy atom. The number of rotatable bonds is 6. The van der Waals surface area contributed by atoms with Gasteiger partial charge < -0.3 is 5.32 Å². The van der Waals surface area contributed by atoms with Crippen LogP contribution in [-0.2, 0) is 13.5 Å². The Kier molecular flexibility index (Phi) is 4.93. The molecule has 0 fully saturated rings. The minimum atomic E-state index is 0.341. The molecule has 5 nitrogen and oxygen atoms in total. The van der Waals surface area contributed by atoms with Crippen molar-refractivity contribution in [2.45, 2.75) is 24.3 Å². The van der Waals surface area contributed by atoms with Gasteiger partial charge in [0.15, 0.2) is 5.82 Å². The Bertz CT molecular complexity index is 525. The van der Waals surface area contributed by atoms with E-state index in [0.717, 1.165) is 18.0 Å². The maximum absolute atomic E-state index is 4.22. The summed E-state index contributed by atoms with van der Waals surface area (Å²) in [6.07, 6.45) is 0.795. The van der Waals surface area contributed by atoms with Crippen molar-refractivity contribution in [2.75, 3.05) is 12.8 Å². The van der Waals surface area contributed by atoms with Gasteiger partial charge >= 0.3 is 0 Å². The van der Waals surface area contributed by atoms with E-state index in [2.05, 4.69) is 51.9 Å². The van der Waals surface area contributed by atoms with Crippen LogP contribution in [0.2, 0.25) is 0 Å². The molecule has 0 saturated carbocycles. The van der Waals surface area contributed by atoms with Gasteiger partial charge in [0.1, 0.15) is 0 Å². The van der Waals surface area contributed by atoms with E-state index >= 15 is 0 Å². The van der Waals surface area contributed by atoms with Crippen LogP contribution >= 0.6 is 11.8 Å². The Labute approximate surface area is 117 Å². The molecule has 6 heteroatoms. The number of thioether (sulfide) groups is 1. The third kappa shape index (κ3) is 4.04. The molecule has 0 aliphatic rings. The van der Waals surface area contributed by atoms with Crippen molar-refractivity contribution >= 4 is 11.8 Å². The Hall–Kier alpha value is -1.40. The summed E-state index contributed by atoms with van der Waals surface area (Å²) in [6.45, 7) is 2.14. The van der Waals surface area contributed by atoms with Crippen LogP contribution < -0.4 is 5.32 Å². The van der Waals surface area contributed by atoms with Crippen molar-refractivity contribution < 1.29 is 0 Å². The van der Waals surface area contributed by atoms with Gasteiger partial charge in [-0.05, 0) is 30.8 Å². The van der Waals surface area contributed by atoms with Gasteiger partial charge in [-0.15, -0.1) is 22.0 Å². The van der Waals surface area contributed by atoms with Crippen LogP contribution in [0.15, 0.2) is 29.2 Å². The maximum Gasteiger partial charge on any atom is 0.176 e. The molecule has 0 amide bonds. The fourth-order valence-electron chi connectivity index (χ4n) is 1.78. The smallest absolute Gasteiger partial charge is 0.176 e. The van der Waals surface area contributed by atoms with Crippen molar-refractivity contribution in [3.63, 3.8) is 0 Å². The average Bonchev–Trinajstić information content (AvgIpc) is 2.81. The first-order chi connectivity index (χ1) is 9.19. The fourth-order valence-corrected chi connectivity index (χ4v) is 2.91. The van der Waals surface area contributed by atoms with Crippen LogP contribution in [0.5, 0.6) is 0 Å². The minimum Gasteiger partial charge on any atom is -0.316 e. The first kappa shape index (κ1) is 14.0. The second-order valence-electron chi connectivity index (χ2n) is 4.46. The number of benzene rings is 1. The Morgan fingerprint density at radius 3 is 2.79 bits per heavy atom. The molecule has 0 radical (unpaired) electrons. The highest BCUT2D eigenvalue weighted by Crippen LogP contribution is 2.22. The SMILES string of the molecule is CNC(CSc1ccccc1C)Cc1nnn(C)n1. The van der Waals surface area contributed by atoms with Crippen LogP contribution in [0, 0.1) is 6.92 Å². The molecule has 1 unspecified atom stereocenters. The normalized spacial score (nSPS) is 12.6. The summed E-state index contributed by atoms with van der Waals surface area (Å²) < 4.78 is 0. The number of aryl methyl sites for hydroxylation is 2. The first-order valence-corrected chi connectivity index (χ1v) is 7.26. The molecule has 1 heterocycles. The number of aromatic nitrogens is 4. The van der Waals surface area contributed by atoms with E-state index in [-0.39, 0.29) is 0 Å². The number of likely N-dealkylation sites (N-methyl/N-ethyl adjacent to an activating group) is 1. The quantitative estimate of drug-likeness (QED) is 0.810. The zero-order chi connectivity index (χ0) is 13.7. The largest absolute Gasteiger partial charge is 0.316 e. The molecular weight excluding hydrogens is 258 g/mol. The lowest BCUT2D eigenvalue weighted by molar-refractivity contribution is 0.591. The summed E-state index contributed by atoms with van der Waals surface area (Å²) in [5.41, 5.74) is 1.32. The molecule has 19 heavy (non-hydrogen) atoms. The zero-order valence-electron chi connectivity index (χ0n) is 11.5. The van der Waals surface area contributed by atoms with E-state index in [1.54, 1.807) is 7.05 Å². The van der Waals surface area contributed by atoms with Crippen LogP contribution in [0.3, 0.4) is 0 Å². The van der Waals surface area contributed by atoms with Gasteiger partial charge in [0.05, 0.1) is 7.05 Å². The predicted molar refractivity (Wildman–Crippen MR) is 77.3 cm³/mol. The summed E-state index contributed by atoms with van der Waals surface area (Å²) >= 11 is 1.86. The number of hydrogen-bond acceptors (Lipinski definition) is 5. The fraction of sp³-hybridized carbons (Fsp3) is 0.462. The molecule has 1 N–H and O–H groups in total. The molecule has 0 bridgehead atoms. The molecule has 1 atom stereocenters. The van der Waals surface area contributed by atoms with E-state index in [1.165, 1.54) is 15.3 Å². The second kappa shape index (κ2) is 6.68. The summed E-state index contributed by atoms with van der Waals surface area (Å²) in [5, 5.41) is 15.4. The van der Waals surface area contributed by atoms with E-state index in [9.17, 15) is 0 Å². The van der Waals surface area contributed by atoms with Crippen molar-refractivity contribution in [1.29, 1.82) is 0 Å². The van der Waals surface area contributed by atoms with Crippen LogP contribution in [-0.4, -0.2) is 39.0 Å². The van der Waals surface area contributed by atoms with Gasteiger partial charge in [0, 0.05) is 23.1 Å². The maximum atomic E-state index is 4.22. The molecular formula is C13H19N5S. The van der Waals surface area contributed by atoms with Gasteiger partial charge in [0.25, 0.3) is 0 Å². The zero-order valence-corrected chi connectivity index (χ0v) is 12.3. The summed E-state index contributed by atoms with van der Waals surface area (Å²) in [4.78, 5) is 2.83. The number of tetrazole rings is 1. The van der Waals surface area contributed by atoms with Crippen molar-refractivity contribution in [3.05, 3.63) is 35.7 Å².